The number of hydrogen-bond acceptors (Lipinski definition) is 7. The van der Waals surface area contributed by atoms with Gasteiger partial charge >= 0.3 is 5.69 Å². The van der Waals surface area contributed by atoms with E-state index in [0.29, 0.717) is 29.7 Å². The van der Waals surface area contributed by atoms with E-state index in [4.69, 9.17) is 11.6 Å². The van der Waals surface area contributed by atoms with Crippen LogP contribution in [0.5, 0.6) is 0 Å². The molecule has 1 aromatic heterocycles. The van der Waals surface area contributed by atoms with Gasteiger partial charge in [-0.2, -0.15) is 0 Å². The number of anilines is 3. The molecule has 9 heteroatoms. The number of piperazine rings is 1. The summed E-state index contributed by atoms with van der Waals surface area (Å²) in [5.74, 6) is 0.734. The van der Waals surface area contributed by atoms with Crippen LogP contribution in [0.15, 0.2) is 30.6 Å². The van der Waals surface area contributed by atoms with Gasteiger partial charge in [0, 0.05) is 42.9 Å². The summed E-state index contributed by atoms with van der Waals surface area (Å²) in [6, 6.07) is 8.00. The van der Waals surface area contributed by atoms with Gasteiger partial charge in [-0.1, -0.05) is 36.9 Å². The Morgan fingerprint density at radius 2 is 1.79 bits per heavy atom. The molecule has 0 spiro atoms. The summed E-state index contributed by atoms with van der Waals surface area (Å²) in [5.41, 5.74) is 1.04. The molecule has 0 bridgehead atoms. The van der Waals surface area contributed by atoms with E-state index in [1.165, 1.54) is 12.7 Å². The molecule has 8 nitrogen and oxygen atoms in total. The molecular formula is C20H25ClN6O2. The highest BCUT2D eigenvalue weighted by Crippen LogP contribution is 2.34. The highest BCUT2D eigenvalue weighted by atomic mass is 35.5. The standard InChI is InChI=1S/C20H25ClN6O2/c21-15-5-4-8-17(13-15)25-9-11-26(12-10-25)20-18(27(28)29)19(22-14-23-20)24-16-6-2-1-3-7-16/h4-5,8,13-14,16H,1-3,6-7,9-12H2,(H,22,23,24). The first-order valence-electron chi connectivity index (χ1n) is 10.1. The van der Waals surface area contributed by atoms with E-state index in [1.807, 2.05) is 29.2 Å². The third kappa shape index (κ3) is 4.53. The summed E-state index contributed by atoms with van der Waals surface area (Å²) in [6.45, 7) is 2.78. The first kappa shape index (κ1) is 19.7. The minimum Gasteiger partial charge on any atom is -0.368 e. The van der Waals surface area contributed by atoms with E-state index in [1.54, 1.807) is 0 Å². The van der Waals surface area contributed by atoms with Crippen molar-refractivity contribution in [2.75, 3.05) is 41.3 Å². The first-order valence-corrected chi connectivity index (χ1v) is 10.5. The van der Waals surface area contributed by atoms with Gasteiger partial charge in [-0.15, -0.1) is 0 Å². The van der Waals surface area contributed by atoms with Gasteiger partial charge in [-0.05, 0) is 31.0 Å². The molecule has 1 aromatic carbocycles. The number of nitro groups is 1. The van der Waals surface area contributed by atoms with Crippen molar-refractivity contribution in [2.45, 2.75) is 38.1 Å². The second-order valence-corrected chi connectivity index (χ2v) is 8.02. The summed E-state index contributed by atoms with van der Waals surface area (Å²) in [7, 11) is 0. The Balaban J connectivity index is 1.51. The Hall–Kier alpha value is -2.61. The summed E-state index contributed by atoms with van der Waals surface area (Å²) >= 11 is 6.11. The number of nitrogens with zero attached hydrogens (tertiary/aromatic N) is 5. The van der Waals surface area contributed by atoms with Gasteiger partial charge in [-0.3, -0.25) is 10.1 Å². The number of benzene rings is 1. The van der Waals surface area contributed by atoms with Crippen LogP contribution >= 0.6 is 11.6 Å². The number of rotatable bonds is 5. The van der Waals surface area contributed by atoms with E-state index >= 15 is 0 Å². The highest BCUT2D eigenvalue weighted by Gasteiger charge is 2.30. The van der Waals surface area contributed by atoms with Crippen LogP contribution in [-0.4, -0.2) is 47.1 Å². The normalized spacial score (nSPS) is 18.0. The lowest BCUT2D eigenvalue weighted by atomic mass is 9.95. The molecule has 2 fully saturated rings. The third-order valence-corrected chi connectivity index (χ3v) is 5.92. The molecule has 0 unspecified atom stereocenters. The van der Waals surface area contributed by atoms with E-state index in [2.05, 4.69) is 20.2 Å². The second kappa shape index (κ2) is 8.82. The quantitative estimate of drug-likeness (QED) is 0.579. The Kier molecular flexibility index (Phi) is 5.99. The molecule has 154 valence electrons. The lowest BCUT2D eigenvalue weighted by molar-refractivity contribution is -0.383. The fourth-order valence-electron chi connectivity index (χ4n) is 4.16. The molecule has 1 N–H and O–H groups in total. The van der Waals surface area contributed by atoms with Crippen LogP contribution in [-0.2, 0) is 0 Å². The van der Waals surface area contributed by atoms with Gasteiger partial charge in [-0.25, -0.2) is 9.97 Å². The van der Waals surface area contributed by atoms with E-state index in [0.717, 1.165) is 44.5 Å². The van der Waals surface area contributed by atoms with Crippen molar-refractivity contribution in [2.24, 2.45) is 0 Å². The molecule has 0 radical (unpaired) electrons. The van der Waals surface area contributed by atoms with Gasteiger partial charge in [0.25, 0.3) is 0 Å². The van der Waals surface area contributed by atoms with Gasteiger partial charge in [0.2, 0.25) is 11.6 Å². The van der Waals surface area contributed by atoms with E-state index < -0.39 is 0 Å². The predicted octanol–water partition coefficient (Wildman–Crippen LogP) is 4.11. The summed E-state index contributed by atoms with van der Waals surface area (Å²) in [5, 5.41) is 15.9. The average molecular weight is 417 g/mol. The minimum absolute atomic E-state index is 0.0192. The van der Waals surface area contributed by atoms with Crippen molar-refractivity contribution in [1.82, 2.24) is 9.97 Å². The molecule has 2 aliphatic rings. The lowest BCUT2D eigenvalue weighted by Crippen LogP contribution is -2.47. The number of nitrogens with one attached hydrogen (secondary N) is 1. The summed E-state index contributed by atoms with van der Waals surface area (Å²) in [4.78, 5) is 24.2. The minimum atomic E-state index is -0.357. The van der Waals surface area contributed by atoms with Crippen molar-refractivity contribution in [3.8, 4) is 0 Å². The van der Waals surface area contributed by atoms with Gasteiger partial charge in [0.05, 0.1) is 4.92 Å². The van der Waals surface area contributed by atoms with Crippen LogP contribution < -0.4 is 15.1 Å². The van der Waals surface area contributed by atoms with Crippen molar-refractivity contribution in [3.63, 3.8) is 0 Å². The SMILES string of the molecule is O=[N+]([O-])c1c(NC2CCCCC2)ncnc1N1CCN(c2cccc(Cl)c2)CC1. The number of aromatic nitrogens is 2. The molecule has 4 rings (SSSR count). The maximum Gasteiger partial charge on any atom is 0.353 e. The van der Waals surface area contributed by atoms with Crippen molar-refractivity contribution in [3.05, 3.63) is 45.7 Å². The van der Waals surface area contributed by atoms with Crippen molar-refractivity contribution < 1.29 is 4.92 Å². The zero-order valence-corrected chi connectivity index (χ0v) is 17.0. The van der Waals surface area contributed by atoms with Crippen molar-refractivity contribution >= 4 is 34.6 Å². The highest BCUT2D eigenvalue weighted by molar-refractivity contribution is 6.30. The maximum absolute atomic E-state index is 11.9. The zero-order chi connectivity index (χ0) is 20.2. The molecule has 1 saturated heterocycles. The fourth-order valence-corrected chi connectivity index (χ4v) is 4.35. The Bertz CT molecular complexity index is 866. The number of halogens is 1. The second-order valence-electron chi connectivity index (χ2n) is 7.58. The van der Waals surface area contributed by atoms with Crippen LogP contribution in [0.2, 0.25) is 5.02 Å². The van der Waals surface area contributed by atoms with Gasteiger partial charge in [0.15, 0.2) is 0 Å². The molecule has 1 saturated carbocycles. The smallest absolute Gasteiger partial charge is 0.353 e. The fraction of sp³-hybridized carbons (Fsp3) is 0.500. The van der Waals surface area contributed by atoms with Crippen LogP contribution in [0.4, 0.5) is 23.0 Å². The van der Waals surface area contributed by atoms with Crippen LogP contribution in [0.25, 0.3) is 0 Å². The largest absolute Gasteiger partial charge is 0.368 e. The molecule has 1 aliphatic heterocycles. The predicted molar refractivity (Wildman–Crippen MR) is 115 cm³/mol. The molecule has 2 heterocycles. The topological polar surface area (TPSA) is 87.4 Å². The Morgan fingerprint density at radius 3 is 2.48 bits per heavy atom. The lowest BCUT2D eigenvalue weighted by Gasteiger charge is -2.36. The van der Waals surface area contributed by atoms with E-state index in [9.17, 15) is 10.1 Å². The summed E-state index contributed by atoms with van der Waals surface area (Å²) < 4.78 is 0. The summed E-state index contributed by atoms with van der Waals surface area (Å²) in [6.07, 6.45) is 7.00. The van der Waals surface area contributed by atoms with Crippen LogP contribution in [0, 0.1) is 10.1 Å². The Morgan fingerprint density at radius 1 is 1.07 bits per heavy atom. The van der Waals surface area contributed by atoms with Crippen LogP contribution in [0.1, 0.15) is 32.1 Å². The average Bonchev–Trinajstić information content (AvgIpc) is 2.74. The van der Waals surface area contributed by atoms with E-state index in [-0.39, 0.29) is 16.7 Å². The molecule has 0 atom stereocenters. The zero-order valence-electron chi connectivity index (χ0n) is 16.3. The molecule has 1 aliphatic carbocycles. The van der Waals surface area contributed by atoms with Crippen molar-refractivity contribution in [1.29, 1.82) is 0 Å². The van der Waals surface area contributed by atoms with Crippen LogP contribution in [0.3, 0.4) is 0 Å². The van der Waals surface area contributed by atoms with Gasteiger partial charge in [0.1, 0.15) is 6.33 Å². The molecule has 29 heavy (non-hydrogen) atoms. The third-order valence-electron chi connectivity index (χ3n) is 5.68. The molecule has 0 amide bonds. The Labute approximate surface area is 175 Å². The maximum atomic E-state index is 11.9. The monoisotopic (exact) mass is 416 g/mol. The molecule has 2 aromatic rings. The molecular weight excluding hydrogens is 392 g/mol. The number of hydrogen-bond donors (Lipinski definition) is 1. The first-order chi connectivity index (χ1) is 14.1. The van der Waals surface area contributed by atoms with Gasteiger partial charge < -0.3 is 15.1 Å².